The van der Waals surface area contributed by atoms with Gasteiger partial charge in [0.15, 0.2) is 5.17 Å². The molecule has 1 aliphatic heterocycles. The molecule has 2 aromatic carbocycles. The number of carbonyl (C=O) groups is 1. The van der Waals surface area contributed by atoms with Crippen LogP contribution in [0.5, 0.6) is 5.75 Å². The predicted octanol–water partition coefficient (Wildman–Crippen LogP) is 5.67. The highest BCUT2D eigenvalue weighted by atomic mass is 32.2. The van der Waals surface area contributed by atoms with Crippen molar-refractivity contribution in [1.29, 1.82) is 0 Å². The Morgan fingerprint density at radius 2 is 1.93 bits per heavy atom. The summed E-state index contributed by atoms with van der Waals surface area (Å²) in [6.07, 6.45) is 4.07. The fourth-order valence-electron chi connectivity index (χ4n) is 2.90. The second kappa shape index (κ2) is 9.60. The van der Waals surface area contributed by atoms with Crippen LogP contribution in [0.15, 0.2) is 59.2 Å². The van der Waals surface area contributed by atoms with Crippen LogP contribution in [0.3, 0.4) is 0 Å². The average molecular weight is 395 g/mol. The molecule has 0 aromatic heterocycles. The maximum absolute atomic E-state index is 13.1. The number of aryl methyl sites for hydroxylation is 1. The maximum atomic E-state index is 13.1. The van der Waals surface area contributed by atoms with E-state index in [9.17, 15) is 4.79 Å². The topological polar surface area (TPSA) is 41.9 Å². The minimum absolute atomic E-state index is 0.0929. The number of carbonyl (C=O) groups excluding carboxylic acids is 1. The van der Waals surface area contributed by atoms with E-state index in [1.807, 2.05) is 62.4 Å². The van der Waals surface area contributed by atoms with Crippen LogP contribution in [-0.4, -0.2) is 23.4 Å². The summed E-state index contributed by atoms with van der Waals surface area (Å²) in [7, 11) is 0. The molecule has 0 spiro atoms. The quantitative estimate of drug-likeness (QED) is 0.449. The zero-order valence-electron chi connectivity index (χ0n) is 16.6. The summed E-state index contributed by atoms with van der Waals surface area (Å²) in [5, 5.41) is 0.738. The van der Waals surface area contributed by atoms with Crippen LogP contribution < -0.4 is 9.64 Å². The van der Waals surface area contributed by atoms with E-state index in [4.69, 9.17) is 4.74 Å². The SMILES string of the molecule is CCCCSC1=N/C(=C\c2cccc(C)c2)C(=O)N1c1ccc(OCC)cc1. The number of amides is 1. The molecule has 1 amide bonds. The van der Waals surface area contributed by atoms with Crippen LogP contribution in [0.25, 0.3) is 6.08 Å². The van der Waals surface area contributed by atoms with Crippen molar-refractivity contribution in [2.45, 2.75) is 33.6 Å². The minimum Gasteiger partial charge on any atom is -0.494 e. The Labute approximate surface area is 171 Å². The molecule has 1 heterocycles. The molecule has 28 heavy (non-hydrogen) atoms. The summed E-state index contributed by atoms with van der Waals surface area (Å²) in [6.45, 7) is 6.77. The van der Waals surface area contributed by atoms with Gasteiger partial charge in [0, 0.05) is 5.75 Å². The van der Waals surface area contributed by atoms with E-state index in [-0.39, 0.29) is 5.91 Å². The zero-order chi connectivity index (χ0) is 19.9. The van der Waals surface area contributed by atoms with Gasteiger partial charge in [-0.05, 0) is 56.2 Å². The molecule has 0 saturated heterocycles. The van der Waals surface area contributed by atoms with Crippen LogP contribution in [0.1, 0.15) is 37.8 Å². The third kappa shape index (κ3) is 4.84. The highest BCUT2D eigenvalue weighted by molar-refractivity contribution is 8.14. The van der Waals surface area contributed by atoms with Crippen molar-refractivity contribution >= 4 is 34.6 Å². The van der Waals surface area contributed by atoms with Crippen LogP contribution >= 0.6 is 11.8 Å². The molecule has 0 unspecified atom stereocenters. The van der Waals surface area contributed by atoms with Gasteiger partial charge >= 0.3 is 0 Å². The second-order valence-corrected chi connectivity index (χ2v) is 7.67. The number of benzene rings is 2. The molecule has 2 aromatic rings. The summed E-state index contributed by atoms with van der Waals surface area (Å²) < 4.78 is 5.52. The van der Waals surface area contributed by atoms with Crippen molar-refractivity contribution in [3.63, 3.8) is 0 Å². The lowest BCUT2D eigenvalue weighted by Crippen LogP contribution is -2.30. The number of thioether (sulfide) groups is 1. The molecule has 0 fully saturated rings. The molecule has 0 saturated carbocycles. The molecule has 1 aliphatic rings. The lowest BCUT2D eigenvalue weighted by molar-refractivity contribution is -0.113. The van der Waals surface area contributed by atoms with Crippen molar-refractivity contribution in [2.75, 3.05) is 17.3 Å². The number of anilines is 1. The molecule has 4 nitrogen and oxygen atoms in total. The number of amidine groups is 1. The molecular formula is C23H26N2O2S. The lowest BCUT2D eigenvalue weighted by atomic mass is 10.1. The molecule has 5 heteroatoms. The first-order valence-corrected chi connectivity index (χ1v) is 10.7. The Hall–Kier alpha value is -2.53. The first-order chi connectivity index (χ1) is 13.6. The summed E-state index contributed by atoms with van der Waals surface area (Å²) in [5.74, 6) is 1.64. The van der Waals surface area contributed by atoms with Crippen molar-refractivity contribution in [2.24, 2.45) is 4.99 Å². The van der Waals surface area contributed by atoms with Gasteiger partial charge in [-0.3, -0.25) is 9.69 Å². The van der Waals surface area contributed by atoms with Gasteiger partial charge in [-0.15, -0.1) is 0 Å². The Morgan fingerprint density at radius 1 is 1.14 bits per heavy atom. The van der Waals surface area contributed by atoms with E-state index in [1.165, 1.54) is 0 Å². The van der Waals surface area contributed by atoms with E-state index >= 15 is 0 Å². The summed E-state index contributed by atoms with van der Waals surface area (Å²) in [6, 6.07) is 15.7. The monoisotopic (exact) mass is 394 g/mol. The van der Waals surface area contributed by atoms with Gasteiger partial charge < -0.3 is 4.74 Å². The van der Waals surface area contributed by atoms with E-state index in [0.717, 1.165) is 46.3 Å². The standard InChI is InChI=1S/C23H26N2O2S/c1-4-6-14-28-23-24-21(16-18-9-7-8-17(3)15-18)22(26)25(23)19-10-12-20(13-11-19)27-5-2/h7-13,15-16H,4-6,14H2,1-3H3/b21-16-. The molecule has 3 rings (SSSR count). The Morgan fingerprint density at radius 3 is 2.61 bits per heavy atom. The van der Waals surface area contributed by atoms with E-state index in [1.54, 1.807) is 16.7 Å². The number of unbranched alkanes of at least 4 members (excludes halogenated alkanes) is 1. The van der Waals surface area contributed by atoms with Crippen molar-refractivity contribution in [1.82, 2.24) is 0 Å². The Kier molecular flexibility index (Phi) is 6.93. The third-order valence-corrected chi connectivity index (χ3v) is 5.33. The predicted molar refractivity (Wildman–Crippen MR) is 119 cm³/mol. The van der Waals surface area contributed by atoms with Gasteiger partial charge in [0.25, 0.3) is 5.91 Å². The van der Waals surface area contributed by atoms with Gasteiger partial charge in [-0.2, -0.15) is 0 Å². The highest BCUT2D eigenvalue weighted by Gasteiger charge is 2.31. The number of ether oxygens (including phenoxy) is 1. The first-order valence-electron chi connectivity index (χ1n) is 9.69. The largest absolute Gasteiger partial charge is 0.494 e. The second-order valence-electron chi connectivity index (χ2n) is 6.61. The van der Waals surface area contributed by atoms with Crippen LogP contribution in [0.2, 0.25) is 0 Å². The number of hydrogen-bond donors (Lipinski definition) is 0. The molecule has 0 bridgehead atoms. The fraction of sp³-hybridized carbons (Fsp3) is 0.304. The Balaban J connectivity index is 1.91. The number of rotatable bonds is 7. The molecule has 0 aliphatic carbocycles. The smallest absolute Gasteiger partial charge is 0.283 e. The zero-order valence-corrected chi connectivity index (χ0v) is 17.5. The van der Waals surface area contributed by atoms with Crippen molar-refractivity contribution in [3.8, 4) is 5.75 Å². The molecule has 0 radical (unpaired) electrons. The molecular weight excluding hydrogens is 368 g/mol. The summed E-state index contributed by atoms with van der Waals surface area (Å²) in [4.78, 5) is 19.5. The van der Waals surface area contributed by atoms with Gasteiger partial charge in [0.2, 0.25) is 0 Å². The summed E-state index contributed by atoms with van der Waals surface area (Å²) in [5.41, 5.74) is 3.42. The first kappa shape index (κ1) is 20.2. The fourth-order valence-corrected chi connectivity index (χ4v) is 4.00. The molecule has 146 valence electrons. The maximum Gasteiger partial charge on any atom is 0.283 e. The lowest BCUT2D eigenvalue weighted by Gasteiger charge is -2.18. The van der Waals surface area contributed by atoms with E-state index < -0.39 is 0 Å². The normalized spacial score (nSPS) is 15.2. The van der Waals surface area contributed by atoms with Crippen LogP contribution in [0.4, 0.5) is 5.69 Å². The molecule has 0 N–H and O–H groups in total. The van der Waals surface area contributed by atoms with Gasteiger partial charge in [-0.25, -0.2) is 4.99 Å². The van der Waals surface area contributed by atoms with Gasteiger partial charge in [-0.1, -0.05) is 54.9 Å². The highest BCUT2D eigenvalue weighted by Crippen LogP contribution is 2.31. The van der Waals surface area contributed by atoms with E-state index in [2.05, 4.69) is 18.0 Å². The number of nitrogens with zero attached hydrogens (tertiary/aromatic N) is 2. The summed E-state index contributed by atoms with van der Waals surface area (Å²) >= 11 is 1.63. The Bertz CT molecular complexity index is 888. The van der Waals surface area contributed by atoms with Crippen LogP contribution in [0, 0.1) is 6.92 Å². The van der Waals surface area contributed by atoms with Gasteiger partial charge in [0.1, 0.15) is 11.4 Å². The molecule has 0 atom stereocenters. The average Bonchev–Trinajstić information content (AvgIpc) is 2.98. The van der Waals surface area contributed by atoms with Crippen LogP contribution in [-0.2, 0) is 4.79 Å². The number of hydrogen-bond acceptors (Lipinski definition) is 4. The van der Waals surface area contributed by atoms with Gasteiger partial charge in [0.05, 0.1) is 12.3 Å². The van der Waals surface area contributed by atoms with E-state index in [0.29, 0.717) is 12.3 Å². The van der Waals surface area contributed by atoms with Crippen molar-refractivity contribution < 1.29 is 9.53 Å². The minimum atomic E-state index is -0.0929. The number of aliphatic imine (C=N–C) groups is 1. The third-order valence-electron chi connectivity index (χ3n) is 4.31. The van der Waals surface area contributed by atoms with Crippen molar-refractivity contribution in [3.05, 3.63) is 65.4 Å².